The van der Waals surface area contributed by atoms with Crippen LogP contribution in [0.25, 0.3) is 11.1 Å². The highest BCUT2D eigenvalue weighted by Crippen LogP contribution is 2.25. The summed E-state index contributed by atoms with van der Waals surface area (Å²) in [4.78, 5) is 13.8. The maximum absolute atomic E-state index is 10.6. The van der Waals surface area contributed by atoms with Gasteiger partial charge < -0.3 is 9.78 Å². The van der Waals surface area contributed by atoms with E-state index in [-0.39, 0.29) is 0 Å². The van der Waals surface area contributed by atoms with Crippen LogP contribution in [0.5, 0.6) is 0 Å². The number of aryl methyl sites for hydroxylation is 1. The van der Waals surface area contributed by atoms with E-state index in [9.17, 15) is 4.79 Å². The first kappa shape index (κ1) is 9.71. The molecular weight excluding hydrogens is 186 g/mol. The SMILES string of the molecule is Cc1[nH]cc(-c2ccccc2)c1CC=O. The molecule has 1 aromatic carbocycles. The number of carbonyl (C=O) groups excluding carboxylic acids is 1. The van der Waals surface area contributed by atoms with Crippen molar-refractivity contribution in [2.75, 3.05) is 0 Å². The Morgan fingerprint density at radius 3 is 2.67 bits per heavy atom. The van der Waals surface area contributed by atoms with Crippen molar-refractivity contribution in [3.05, 3.63) is 47.8 Å². The minimum Gasteiger partial charge on any atom is -0.364 e. The number of aldehydes is 1. The van der Waals surface area contributed by atoms with Gasteiger partial charge in [-0.15, -0.1) is 0 Å². The largest absolute Gasteiger partial charge is 0.364 e. The highest BCUT2D eigenvalue weighted by Gasteiger charge is 2.08. The van der Waals surface area contributed by atoms with Gasteiger partial charge >= 0.3 is 0 Å². The zero-order valence-electron chi connectivity index (χ0n) is 8.66. The molecule has 0 unspecified atom stereocenters. The zero-order chi connectivity index (χ0) is 10.7. The molecule has 0 amide bonds. The Kier molecular flexibility index (Phi) is 2.68. The molecule has 0 aliphatic carbocycles. The number of carbonyl (C=O) groups is 1. The highest BCUT2D eigenvalue weighted by atomic mass is 16.1. The van der Waals surface area contributed by atoms with E-state index in [1.807, 2.05) is 31.3 Å². The second kappa shape index (κ2) is 4.13. The molecule has 0 spiro atoms. The maximum atomic E-state index is 10.6. The summed E-state index contributed by atoms with van der Waals surface area (Å²) in [6.07, 6.45) is 3.38. The Balaban J connectivity index is 2.49. The van der Waals surface area contributed by atoms with E-state index < -0.39 is 0 Å². The molecule has 0 saturated heterocycles. The van der Waals surface area contributed by atoms with Gasteiger partial charge in [0.2, 0.25) is 0 Å². The Labute approximate surface area is 89.0 Å². The Morgan fingerprint density at radius 2 is 2.00 bits per heavy atom. The van der Waals surface area contributed by atoms with Crippen LogP contribution in [0.2, 0.25) is 0 Å². The zero-order valence-corrected chi connectivity index (χ0v) is 8.66. The summed E-state index contributed by atoms with van der Waals surface area (Å²) in [5.41, 5.74) is 4.44. The van der Waals surface area contributed by atoms with Crippen LogP contribution in [0, 0.1) is 6.92 Å². The molecule has 2 nitrogen and oxygen atoms in total. The average molecular weight is 199 g/mol. The van der Waals surface area contributed by atoms with Crippen molar-refractivity contribution >= 4 is 6.29 Å². The molecule has 0 saturated carbocycles. The topological polar surface area (TPSA) is 32.9 Å². The fraction of sp³-hybridized carbons (Fsp3) is 0.154. The number of aromatic nitrogens is 1. The average Bonchev–Trinajstić information content (AvgIpc) is 2.63. The lowest BCUT2D eigenvalue weighted by Crippen LogP contribution is -1.89. The molecule has 0 fully saturated rings. The van der Waals surface area contributed by atoms with Crippen LogP contribution in [-0.4, -0.2) is 11.3 Å². The second-order valence-electron chi connectivity index (χ2n) is 3.54. The molecule has 2 aromatic rings. The molecule has 0 radical (unpaired) electrons. The van der Waals surface area contributed by atoms with E-state index in [0.29, 0.717) is 6.42 Å². The van der Waals surface area contributed by atoms with Gasteiger partial charge in [0.15, 0.2) is 0 Å². The van der Waals surface area contributed by atoms with Crippen LogP contribution in [-0.2, 0) is 11.2 Å². The number of hydrogen-bond donors (Lipinski definition) is 1. The van der Waals surface area contributed by atoms with E-state index in [1.54, 1.807) is 0 Å². The number of benzene rings is 1. The molecule has 15 heavy (non-hydrogen) atoms. The van der Waals surface area contributed by atoms with Crippen LogP contribution in [0.1, 0.15) is 11.3 Å². The molecule has 76 valence electrons. The Hall–Kier alpha value is -1.83. The van der Waals surface area contributed by atoms with E-state index >= 15 is 0 Å². The predicted octanol–water partition coefficient (Wildman–Crippen LogP) is 2.73. The van der Waals surface area contributed by atoms with Gasteiger partial charge in [-0.2, -0.15) is 0 Å². The van der Waals surface area contributed by atoms with Crippen molar-refractivity contribution in [1.29, 1.82) is 0 Å². The Morgan fingerprint density at radius 1 is 1.27 bits per heavy atom. The number of rotatable bonds is 3. The second-order valence-corrected chi connectivity index (χ2v) is 3.54. The van der Waals surface area contributed by atoms with Gasteiger partial charge in [0, 0.05) is 23.9 Å². The summed E-state index contributed by atoms with van der Waals surface area (Å²) in [5.74, 6) is 0. The molecular formula is C13H13NO. The maximum Gasteiger partial charge on any atom is 0.124 e. The quantitative estimate of drug-likeness (QED) is 0.757. The van der Waals surface area contributed by atoms with E-state index in [2.05, 4.69) is 17.1 Å². The predicted molar refractivity (Wildman–Crippen MR) is 60.7 cm³/mol. The monoisotopic (exact) mass is 199 g/mol. The third kappa shape index (κ3) is 1.84. The first-order valence-corrected chi connectivity index (χ1v) is 4.99. The summed E-state index contributed by atoms with van der Waals surface area (Å²) < 4.78 is 0. The fourth-order valence-corrected chi connectivity index (χ4v) is 1.78. The summed E-state index contributed by atoms with van der Waals surface area (Å²) in [7, 11) is 0. The standard InChI is InChI=1S/C13H13NO/c1-10-12(7-8-15)13(9-14-10)11-5-3-2-4-6-11/h2-6,8-9,14H,7H2,1H3. The fourth-order valence-electron chi connectivity index (χ4n) is 1.78. The molecule has 1 aromatic heterocycles. The van der Waals surface area contributed by atoms with Crippen LogP contribution < -0.4 is 0 Å². The molecule has 0 atom stereocenters. The molecule has 1 heterocycles. The lowest BCUT2D eigenvalue weighted by molar-refractivity contribution is -0.107. The molecule has 1 N–H and O–H groups in total. The summed E-state index contributed by atoms with van der Waals surface area (Å²) in [6.45, 7) is 1.99. The van der Waals surface area contributed by atoms with Gasteiger partial charge in [0.05, 0.1) is 0 Å². The number of H-pyrrole nitrogens is 1. The molecule has 2 rings (SSSR count). The first-order valence-electron chi connectivity index (χ1n) is 4.99. The summed E-state index contributed by atoms with van der Waals surface area (Å²) >= 11 is 0. The van der Waals surface area contributed by atoms with Crippen LogP contribution in [0.3, 0.4) is 0 Å². The van der Waals surface area contributed by atoms with E-state index in [1.165, 1.54) is 0 Å². The molecule has 2 heteroatoms. The normalized spacial score (nSPS) is 10.2. The highest BCUT2D eigenvalue weighted by molar-refractivity contribution is 5.72. The van der Waals surface area contributed by atoms with Crippen molar-refractivity contribution in [2.24, 2.45) is 0 Å². The van der Waals surface area contributed by atoms with Gasteiger partial charge in [-0.1, -0.05) is 30.3 Å². The van der Waals surface area contributed by atoms with E-state index in [0.717, 1.165) is 28.7 Å². The van der Waals surface area contributed by atoms with Gasteiger partial charge in [0.25, 0.3) is 0 Å². The molecule has 0 aliphatic heterocycles. The van der Waals surface area contributed by atoms with Crippen LogP contribution >= 0.6 is 0 Å². The van der Waals surface area contributed by atoms with Crippen LogP contribution in [0.15, 0.2) is 36.5 Å². The van der Waals surface area contributed by atoms with Crippen molar-refractivity contribution in [1.82, 2.24) is 4.98 Å². The van der Waals surface area contributed by atoms with Gasteiger partial charge in [-0.3, -0.25) is 0 Å². The van der Waals surface area contributed by atoms with Crippen molar-refractivity contribution in [2.45, 2.75) is 13.3 Å². The molecule has 0 aliphatic rings. The van der Waals surface area contributed by atoms with Gasteiger partial charge in [0.1, 0.15) is 6.29 Å². The summed E-state index contributed by atoms with van der Waals surface area (Å²) in [6, 6.07) is 10.1. The van der Waals surface area contributed by atoms with Crippen molar-refractivity contribution in [3.8, 4) is 11.1 Å². The Bertz CT molecular complexity index is 457. The third-order valence-corrected chi connectivity index (χ3v) is 2.58. The van der Waals surface area contributed by atoms with Gasteiger partial charge in [-0.05, 0) is 18.1 Å². The van der Waals surface area contributed by atoms with Crippen LogP contribution in [0.4, 0.5) is 0 Å². The van der Waals surface area contributed by atoms with Gasteiger partial charge in [-0.25, -0.2) is 0 Å². The minimum atomic E-state index is 0.472. The minimum absolute atomic E-state index is 0.472. The first-order chi connectivity index (χ1) is 7.33. The molecule has 0 bridgehead atoms. The number of nitrogens with one attached hydrogen (secondary N) is 1. The van der Waals surface area contributed by atoms with Crippen molar-refractivity contribution < 1.29 is 4.79 Å². The lowest BCUT2D eigenvalue weighted by atomic mass is 10.0. The number of aromatic amines is 1. The summed E-state index contributed by atoms with van der Waals surface area (Å²) in [5, 5.41) is 0. The smallest absolute Gasteiger partial charge is 0.124 e. The third-order valence-electron chi connectivity index (χ3n) is 2.58. The van der Waals surface area contributed by atoms with Crippen molar-refractivity contribution in [3.63, 3.8) is 0 Å². The van der Waals surface area contributed by atoms with E-state index in [4.69, 9.17) is 0 Å². The lowest BCUT2D eigenvalue weighted by Gasteiger charge is -2.01. The number of hydrogen-bond acceptors (Lipinski definition) is 1.